The molecule has 0 bridgehead atoms. The maximum absolute atomic E-state index is 12.1. The molecule has 2 rings (SSSR count). The van der Waals surface area contributed by atoms with Gasteiger partial charge in [-0.3, -0.25) is 0 Å². The fraction of sp³-hybridized carbons (Fsp3) is 0.417. The fourth-order valence-electron chi connectivity index (χ4n) is 1.99. The van der Waals surface area contributed by atoms with Crippen molar-refractivity contribution in [2.24, 2.45) is 4.40 Å². The average molecular weight is 267 g/mol. The van der Waals surface area contributed by atoms with Crippen LogP contribution in [0.4, 0.5) is 5.69 Å². The van der Waals surface area contributed by atoms with Crippen LogP contribution in [0.5, 0.6) is 0 Å². The van der Waals surface area contributed by atoms with Crippen molar-refractivity contribution < 1.29 is 8.42 Å². The maximum atomic E-state index is 12.1. The number of nitrogen functional groups attached to an aromatic ring is 1. The molecule has 0 atom stereocenters. The van der Waals surface area contributed by atoms with Crippen LogP contribution in [-0.2, 0) is 10.0 Å². The highest BCUT2D eigenvalue weighted by atomic mass is 32.2. The third kappa shape index (κ3) is 2.64. The molecule has 18 heavy (non-hydrogen) atoms. The van der Waals surface area contributed by atoms with Gasteiger partial charge in [0.25, 0.3) is 10.0 Å². The van der Waals surface area contributed by atoms with Gasteiger partial charge in [0.15, 0.2) is 0 Å². The first kappa shape index (κ1) is 12.9. The molecule has 0 aromatic heterocycles. The molecule has 1 aromatic carbocycles. The molecular weight excluding hydrogens is 250 g/mol. The number of amidine groups is 1. The van der Waals surface area contributed by atoms with Gasteiger partial charge in [-0.15, -0.1) is 4.40 Å². The standard InChI is InChI=1S/C12H17N3O2S/c1-2-15-9-3-4-12(15)14-18(16,17)11-7-5-10(13)6-8-11/h5-8H,2-4,9,13H2,1H3/b14-12-. The summed E-state index contributed by atoms with van der Waals surface area (Å²) in [6.07, 6.45) is 1.69. The zero-order chi connectivity index (χ0) is 13.2. The Kier molecular flexibility index (Phi) is 3.56. The molecule has 1 aliphatic rings. The first-order valence-electron chi connectivity index (χ1n) is 5.97. The van der Waals surface area contributed by atoms with E-state index in [1.165, 1.54) is 12.1 Å². The lowest BCUT2D eigenvalue weighted by molar-refractivity contribution is 0.479. The van der Waals surface area contributed by atoms with Crippen LogP contribution in [-0.4, -0.2) is 32.2 Å². The average Bonchev–Trinajstić information content (AvgIpc) is 2.76. The van der Waals surface area contributed by atoms with Crippen molar-refractivity contribution in [3.63, 3.8) is 0 Å². The molecule has 5 nitrogen and oxygen atoms in total. The smallest absolute Gasteiger partial charge is 0.283 e. The van der Waals surface area contributed by atoms with Crippen LogP contribution >= 0.6 is 0 Å². The minimum Gasteiger partial charge on any atom is -0.399 e. The Morgan fingerprint density at radius 2 is 2.00 bits per heavy atom. The number of rotatable bonds is 3. The normalized spacial score (nSPS) is 18.5. The molecule has 1 fully saturated rings. The lowest BCUT2D eigenvalue weighted by Gasteiger charge is -2.15. The van der Waals surface area contributed by atoms with Crippen LogP contribution in [0, 0.1) is 0 Å². The Balaban J connectivity index is 2.32. The van der Waals surface area contributed by atoms with Gasteiger partial charge in [-0.2, -0.15) is 8.42 Å². The van der Waals surface area contributed by atoms with Crippen molar-refractivity contribution in [3.8, 4) is 0 Å². The van der Waals surface area contributed by atoms with Gasteiger partial charge in [-0.05, 0) is 37.6 Å². The molecule has 1 saturated heterocycles. The van der Waals surface area contributed by atoms with Crippen molar-refractivity contribution >= 4 is 21.5 Å². The van der Waals surface area contributed by atoms with Crippen LogP contribution in [0.3, 0.4) is 0 Å². The predicted molar refractivity (Wildman–Crippen MR) is 72.0 cm³/mol. The molecule has 1 aromatic rings. The lowest BCUT2D eigenvalue weighted by atomic mass is 10.3. The molecule has 0 spiro atoms. The molecule has 6 heteroatoms. The molecule has 98 valence electrons. The van der Waals surface area contributed by atoms with Crippen LogP contribution < -0.4 is 5.73 Å². The van der Waals surface area contributed by atoms with E-state index in [4.69, 9.17) is 5.73 Å². The minimum absolute atomic E-state index is 0.187. The molecule has 1 aliphatic heterocycles. The zero-order valence-electron chi connectivity index (χ0n) is 10.3. The van der Waals surface area contributed by atoms with Gasteiger partial charge in [-0.1, -0.05) is 0 Å². The van der Waals surface area contributed by atoms with Crippen LogP contribution in [0.2, 0.25) is 0 Å². The first-order chi connectivity index (χ1) is 8.53. The molecule has 0 radical (unpaired) electrons. The number of sulfonamides is 1. The fourth-order valence-corrected chi connectivity index (χ4v) is 3.06. The van der Waals surface area contributed by atoms with Gasteiger partial charge in [0.2, 0.25) is 0 Å². The number of hydrogen-bond donors (Lipinski definition) is 1. The summed E-state index contributed by atoms with van der Waals surface area (Å²) in [4.78, 5) is 2.18. The maximum Gasteiger partial charge on any atom is 0.283 e. The van der Waals surface area contributed by atoms with E-state index in [1.54, 1.807) is 12.1 Å². The summed E-state index contributed by atoms with van der Waals surface area (Å²) in [6.45, 7) is 3.67. The SMILES string of the molecule is CCN1CCC/C1=N/S(=O)(=O)c1ccc(N)cc1. The number of anilines is 1. The van der Waals surface area contributed by atoms with Crippen LogP contribution in [0.25, 0.3) is 0 Å². The largest absolute Gasteiger partial charge is 0.399 e. The Bertz CT molecular complexity index is 549. The highest BCUT2D eigenvalue weighted by Crippen LogP contribution is 2.18. The highest BCUT2D eigenvalue weighted by molar-refractivity contribution is 7.90. The van der Waals surface area contributed by atoms with Gasteiger partial charge in [-0.25, -0.2) is 0 Å². The molecule has 0 aliphatic carbocycles. The predicted octanol–water partition coefficient (Wildman–Crippen LogP) is 1.47. The van der Waals surface area contributed by atoms with E-state index in [0.29, 0.717) is 11.5 Å². The Hall–Kier alpha value is -1.56. The topological polar surface area (TPSA) is 75.8 Å². The summed E-state index contributed by atoms with van der Waals surface area (Å²) >= 11 is 0. The summed E-state index contributed by atoms with van der Waals surface area (Å²) in [5.74, 6) is 0.661. The number of likely N-dealkylation sites (tertiary alicyclic amines) is 1. The van der Waals surface area contributed by atoms with E-state index in [0.717, 1.165) is 25.9 Å². The Labute approximate surface area is 107 Å². The van der Waals surface area contributed by atoms with Crippen molar-refractivity contribution in [1.82, 2.24) is 4.90 Å². The van der Waals surface area contributed by atoms with E-state index in [9.17, 15) is 8.42 Å². The van der Waals surface area contributed by atoms with E-state index in [-0.39, 0.29) is 4.90 Å². The summed E-state index contributed by atoms with van der Waals surface area (Å²) in [7, 11) is -3.61. The second-order valence-electron chi connectivity index (χ2n) is 4.23. The molecule has 2 N–H and O–H groups in total. The van der Waals surface area contributed by atoms with Crippen LogP contribution in [0.1, 0.15) is 19.8 Å². The summed E-state index contributed by atoms with van der Waals surface area (Å²) < 4.78 is 28.1. The molecular formula is C12H17N3O2S. The van der Waals surface area contributed by atoms with E-state index in [2.05, 4.69) is 4.40 Å². The number of hydrogen-bond acceptors (Lipinski definition) is 3. The summed E-state index contributed by atoms with van der Waals surface area (Å²) in [5, 5.41) is 0. The first-order valence-corrected chi connectivity index (χ1v) is 7.41. The van der Waals surface area contributed by atoms with Gasteiger partial charge in [0, 0.05) is 25.2 Å². The van der Waals surface area contributed by atoms with Crippen LogP contribution in [0.15, 0.2) is 33.6 Å². The molecule has 0 unspecified atom stereocenters. The third-order valence-electron chi connectivity index (χ3n) is 2.98. The van der Waals surface area contributed by atoms with Gasteiger partial charge in [0.1, 0.15) is 5.84 Å². The van der Waals surface area contributed by atoms with Crippen molar-refractivity contribution in [2.45, 2.75) is 24.7 Å². The van der Waals surface area contributed by atoms with Gasteiger partial charge < -0.3 is 10.6 Å². The lowest BCUT2D eigenvalue weighted by Crippen LogP contribution is -2.25. The van der Waals surface area contributed by atoms with Crippen molar-refractivity contribution in [2.75, 3.05) is 18.8 Å². The van der Waals surface area contributed by atoms with Gasteiger partial charge in [0.05, 0.1) is 4.90 Å². The summed E-state index contributed by atoms with van der Waals surface area (Å²) in [6, 6.07) is 6.11. The minimum atomic E-state index is -3.61. The quantitative estimate of drug-likeness (QED) is 0.841. The van der Waals surface area contributed by atoms with E-state index in [1.807, 2.05) is 11.8 Å². The van der Waals surface area contributed by atoms with Gasteiger partial charge >= 0.3 is 0 Å². The van der Waals surface area contributed by atoms with E-state index < -0.39 is 10.0 Å². The number of nitrogens with two attached hydrogens (primary N) is 1. The number of benzene rings is 1. The molecule has 0 saturated carbocycles. The second kappa shape index (κ2) is 4.97. The zero-order valence-corrected chi connectivity index (χ0v) is 11.2. The number of nitrogens with zero attached hydrogens (tertiary/aromatic N) is 2. The van der Waals surface area contributed by atoms with E-state index >= 15 is 0 Å². The molecule has 1 heterocycles. The molecule has 0 amide bonds. The highest BCUT2D eigenvalue weighted by Gasteiger charge is 2.21. The summed E-state index contributed by atoms with van der Waals surface area (Å²) in [5.41, 5.74) is 6.08. The van der Waals surface area contributed by atoms with Crippen molar-refractivity contribution in [1.29, 1.82) is 0 Å². The Morgan fingerprint density at radius 1 is 1.33 bits per heavy atom. The second-order valence-corrected chi connectivity index (χ2v) is 5.84. The van der Waals surface area contributed by atoms with Crippen molar-refractivity contribution in [3.05, 3.63) is 24.3 Å². The third-order valence-corrected chi connectivity index (χ3v) is 4.30. The Morgan fingerprint density at radius 3 is 2.61 bits per heavy atom. The monoisotopic (exact) mass is 267 g/mol.